The lowest BCUT2D eigenvalue weighted by molar-refractivity contribution is 0.301. The molecule has 0 saturated carbocycles. The fraction of sp³-hybridized carbons (Fsp3) is 0.267. The van der Waals surface area contributed by atoms with Crippen molar-refractivity contribution in [3.8, 4) is 11.5 Å². The maximum absolute atomic E-state index is 5.87. The van der Waals surface area contributed by atoms with Crippen molar-refractivity contribution in [3.05, 3.63) is 53.3 Å². The Hall–Kier alpha value is -1.74. The van der Waals surface area contributed by atoms with E-state index in [1.807, 2.05) is 43.3 Å². The maximum atomic E-state index is 5.87. The molecule has 0 N–H and O–H groups in total. The molecule has 0 atom stereocenters. The van der Waals surface area contributed by atoms with Crippen LogP contribution in [0.5, 0.6) is 11.5 Å². The van der Waals surface area contributed by atoms with Crippen molar-refractivity contribution in [1.29, 1.82) is 0 Å². The van der Waals surface area contributed by atoms with Crippen molar-refractivity contribution in [2.75, 3.05) is 7.11 Å². The number of aryl methyl sites for hydroxylation is 1. The van der Waals surface area contributed by atoms with Crippen LogP contribution in [0.25, 0.3) is 0 Å². The second kappa shape index (κ2) is 6.43. The summed E-state index contributed by atoms with van der Waals surface area (Å²) in [6.07, 6.45) is 0. The van der Waals surface area contributed by atoms with E-state index in [2.05, 4.69) is 4.98 Å². The van der Waals surface area contributed by atoms with Crippen LogP contribution in [0.3, 0.4) is 0 Å². The van der Waals surface area contributed by atoms with Gasteiger partial charge in [-0.25, -0.2) is 0 Å². The molecule has 2 rings (SSSR count). The van der Waals surface area contributed by atoms with E-state index in [1.54, 1.807) is 7.11 Å². The highest BCUT2D eigenvalue weighted by Crippen LogP contribution is 2.21. The van der Waals surface area contributed by atoms with E-state index in [-0.39, 0.29) is 0 Å². The highest BCUT2D eigenvalue weighted by atomic mass is 35.5. The first kappa shape index (κ1) is 13.7. The molecule has 4 heteroatoms. The van der Waals surface area contributed by atoms with Crippen molar-refractivity contribution in [2.24, 2.45) is 0 Å². The molecule has 1 aromatic carbocycles. The summed E-state index contributed by atoms with van der Waals surface area (Å²) in [6, 6.07) is 11.6. The zero-order chi connectivity index (χ0) is 13.7. The number of halogens is 1. The fourth-order valence-corrected chi connectivity index (χ4v) is 1.94. The lowest BCUT2D eigenvalue weighted by atomic mass is 10.2. The Kier molecular flexibility index (Phi) is 4.63. The minimum atomic E-state index is 0.342. The number of hydrogen-bond acceptors (Lipinski definition) is 3. The molecule has 0 radical (unpaired) electrons. The summed E-state index contributed by atoms with van der Waals surface area (Å²) in [5, 5.41) is 0. The first-order chi connectivity index (χ1) is 9.22. The Labute approximate surface area is 118 Å². The van der Waals surface area contributed by atoms with Crippen molar-refractivity contribution >= 4 is 11.6 Å². The first-order valence-corrected chi connectivity index (χ1v) is 6.54. The molecule has 0 aliphatic heterocycles. The van der Waals surface area contributed by atoms with Crippen LogP contribution in [-0.2, 0) is 12.5 Å². The lowest BCUT2D eigenvalue weighted by Gasteiger charge is -2.10. The van der Waals surface area contributed by atoms with Gasteiger partial charge in [0, 0.05) is 5.69 Å². The van der Waals surface area contributed by atoms with Crippen molar-refractivity contribution in [3.63, 3.8) is 0 Å². The van der Waals surface area contributed by atoms with Gasteiger partial charge in [-0.3, -0.25) is 4.98 Å². The van der Waals surface area contributed by atoms with Crippen LogP contribution in [0.1, 0.15) is 17.0 Å². The summed E-state index contributed by atoms with van der Waals surface area (Å²) in [5.74, 6) is 1.89. The van der Waals surface area contributed by atoms with Crippen LogP contribution in [0.4, 0.5) is 0 Å². The second-order valence-electron chi connectivity index (χ2n) is 4.17. The van der Waals surface area contributed by atoms with Gasteiger partial charge < -0.3 is 9.47 Å². The smallest absolute Gasteiger partial charge is 0.142 e. The van der Waals surface area contributed by atoms with E-state index >= 15 is 0 Å². The molecule has 2 aromatic rings. The maximum Gasteiger partial charge on any atom is 0.142 e. The van der Waals surface area contributed by atoms with Gasteiger partial charge in [0.25, 0.3) is 0 Å². The van der Waals surface area contributed by atoms with E-state index in [4.69, 9.17) is 21.1 Å². The van der Waals surface area contributed by atoms with Crippen LogP contribution in [0.2, 0.25) is 0 Å². The quantitative estimate of drug-likeness (QED) is 0.781. The van der Waals surface area contributed by atoms with E-state index in [0.29, 0.717) is 12.5 Å². The third-order valence-corrected chi connectivity index (χ3v) is 2.98. The highest BCUT2D eigenvalue weighted by Gasteiger charge is 2.05. The van der Waals surface area contributed by atoms with E-state index in [0.717, 1.165) is 28.5 Å². The third-order valence-electron chi connectivity index (χ3n) is 2.73. The molecule has 0 bridgehead atoms. The summed E-state index contributed by atoms with van der Waals surface area (Å²) >= 11 is 5.87. The zero-order valence-corrected chi connectivity index (χ0v) is 11.8. The van der Waals surface area contributed by atoms with Crippen LogP contribution >= 0.6 is 11.6 Å². The monoisotopic (exact) mass is 277 g/mol. The van der Waals surface area contributed by atoms with Gasteiger partial charge in [0.15, 0.2) is 0 Å². The van der Waals surface area contributed by atoms with E-state index < -0.39 is 0 Å². The number of pyridine rings is 1. The largest absolute Gasteiger partial charge is 0.497 e. The number of hydrogen-bond donors (Lipinski definition) is 0. The average Bonchev–Trinajstić information content (AvgIpc) is 2.46. The van der Waals surface area contributed by atoms with Crippen LogP contribution < -0.4 is 9.47 Å². The normalized spacial score (nSPS) is 10.3. The van der Waals surface area contributed by atoms with Crippen LogP contribution in [-0.4, -0.2) is 12.1 Å². The Morgan fingerprint density at radius 1 is 1.21 bits per heavy atom. The first-order valence-electron chi connectivity index (χ1n) is 6.01. The number of benzene rings is 1. The molecule has 1 heterocycles. The summed E-state index contributed by atoms with van der Waals surface area (Å²) in [4.78, 5) is 4.36. The van der Waals surface area contributed by atoms with Crippen molar-refractivity contribution < 1.29 is 9.47 Å². The summed E-state index contributed by atoms with van der Waals surface area (Å²) in [5.41, 5.74) is 2.74. The number of nitrogens with zero attached hydrogens (tertiary/aromatic N) is 1. The number of ether oxygens (including phenoxy) is 2. The average molecular weight is 278 g/mol. The molecule has 0 aliphatic rings. The van der Waals surface area contributed by atoms with E-state index in [9.17, 15) is 0 Å². The Morgan fingerprint density at radius 2 is 2.05 bits per heavy atom. The SMILES string of the molecule is COc1cccc(COc2ccc(C)nc2CCl)c1. The molecular formula is C15H16ClNO2. The zero-order valence-electron chi connectivity index (χ0n) is 11.0. The number of rotatable bonds is 5. The standard InChI is InChI=1S/C15H16ClNO2/c1-11-6-7-15(14(9-16)17-11)19-10-12-4-3-5-13(8-12)18-2/h3-8H,9-10H2,1-2H3. The minimum Gasteiger partial charge on any atom is -0.497 e. The van der Waals surface area contributed by atoms with Gasteiger partial charge in [-0.05, 0) is 36.8 Å². The number of aromatic nitrogens is 1. The third kappa shape index (κ3) is 3.61. The van der Waals surface area contributed by atoms with Gasteiger partial charge in [-0.1, -0.05) is 12.1 Å². The lowest BCUT2D eigenvalue weighted by Crippen LogP contribution is -2.00. The Bertz CT molecular complexity index is 558. The van der Waals surface area contributed by atoms with Crippen LogP contribution in [0.15, 0.2) is 36.4 Å². The molecule has 0 saturated heterocycles. The molecule has 0 amide bonds. The second-order valence-corrected chi connectivity index (χ2v) is 4.44. The van der Waals surface area contributed by atoms with E-state index in [1.165, 1.54) is 0 Å². The van der Waals surface area contributed by atoms with Gasteiger partial charge in [0.2, 0.25) is 0 Å². The molecule has 0 unspecified atom stereocenters. The highest BCUT2D eigenvalue weighted by molar-refractivity contribution is 6.17. The fourth-order valence-electron chi connectivity index (χ4n) is 1.75. The van der Waals surface area contributed by atoms with Crippen molar-refractivity contribution in [2.45, 2.75) is 19.4 Å². The molecule has 19 heavy (non-hydrogen) atoms. The molecule has 0 fully saturated rings. The summed E-state index contributed by atoms with van der Waals surface area (Å²) in [7, 11) is 1.65. The molecule has 100 valence electrons. The van der Waals surface area contributed by atoms with Gasteiger partial charge in [0.05, 0.1) is 18.7 Å². The van der Waals surface area contributed by atoms with Crippen molar-refractivity contribution in [1.82, 2.24) is 4.98 Å². The van der Waals surface area contributed by atoms with Gasteiger partial charge in [-0.15, -0.1) is 11.6 Å². The molecule has 0 aliphatic carbocycles. The van der Waals surface area contributed by atoms with Gasteiger partial charge in [0.1, 0.15) is 18.1 Å². The number of alkyl halides is 1. The predicted molar refractivity (Wildman–Crippen MR) is 75.9 cm³/mol. The minimum absolute atomic E-state index is 0.342. The topological polar surface area (TPSA) is 31.4 Å². The molecular weight excluding hydrogens is 262 g/mol. The number of methoxy groups -OCH3 is 1. The van der Waals surface area contributed by atoms with Gasteiger partial charge in [-0.2, -0.15) is 0 Å². The molecule has 1 aromatic heterocycles. The Balaban J connectivity index is 2.09. The Morgan fingerprint density at radius 3 is 2.79 bits per heavy atom. The molecule has 3 nitrogen and oxygen atoms in total. The summed E-state index contributed by atoms with van der Waals surface area (Å²) < 4.78 is 10.9. The van der Waals surface area contributed by atoms with Gasteiger partial charge >= 0.3 is 0 Å². The van der Waals surface area contributed by atoms with Crippen LogP contribution in [0, 0.1) is 6.92 Å². The predicted octanol–water partition coefficient (Wildman–Crippen LogP) is 3.72. The molecule has 0 spiro atoms. The summed E-state index contributed by atoms with van der Waals surface area (Å²) in [6.45, 7) is 2.40.